The molecule has 0 aliphatic carbocycles. The fourth-order valence-corrected chi connectivity index (χ4v) is 2.86. The lowest BCUT2D eigenvalue weighted by Crippen LogP contribution is -2.45. The molecule has 0 bridgehead atoms. The average molecular weight is 364 g/mol. The van der Waals surface area contributed by atoms with E-state index in [2.05, 4.69) is 10.6 Å². The number of amides is 2. The van der Waals surface area contributed by atoms with Crippen LogP contribution in [-0.2, 0) is 4.79 Å². The number of rotatable bonds is 5. The first-order valence-electron chi connectivity index (χ1n) is 8.69. The number of fused-ring (bicyclic) bond motifs is 1. The van der Waals surface area contributed by atoms with Crippen LogP contribution in [0.5, 0.6) is 0 Å². The molecular weight excluding hydrogens is 344 g/mol. The summed E-state index contributed by atoms with van der Waals surface area (Å²) in [6, 6.07) is 15.1. The summed E-state index contributed by atoms with van der Waals surface area (Å²) in [6.45, 7) is 1.82. The van der Waals surface area contributed by atoms with Gasteiger partial charge < -0.3 is 15.1 Å². The van der Waals surface area contributed by atoms with E-state index >= 15 is 0 Å². The van der Waals surface area contributed by atoms with Gasteiger partial charge >= 0.3 is 5.63 Å². The van der Waals surface area contributed by atoms with Crippen LogP contribution in [0, 0.1) is 0 Å². The summed E-state index contributed by atoms with van der Waals surface area (Å²) in [5.41, 5.74) is 1.36. The molecule has 0 radical (unpaired) electrons. The van der Waals surface area contributed by atoms with Crippen LogP contribution in [0.25, 0.3) is 22.1 Å². The Bertz CT molecular complexity index is 1060. The fourth-order valence-electron chi connectivity index (χ4n) is 2.86. The predicted octanol–water partition coefficient (Wildman–Crippen LogP) is 2.71. The highest BCUT2D eigenvalue weighted by molar-refractivity contribution is 5.98. The molecule has 1 unspecified atom stereocenters. The third-order valence-electron chi connectivity index (χ3n) is 4.35. The van der Waals surface area contributed by atoms with Gasteiger partial charge in [-0.2, -0.15) is 0 Å². The highest BCUT2D eigenvalue weighted by Crippen LogP contribution is 2.22. The van der Waals surface area contributed by atoms with E-state index in [0.29, 0.717) is 28.7 Å². The zero-order valence-electron chi connectivity index (χ0n) is 15.1. The van der Waals surface area contributed by atoms with Gasteiger partial charge in [-0.1, -0.05) is 37.3 Å². The molecule has 1 heterocycles. The van der Waals surface area contributed by atoms with E-state index in [-0.39, 0.29) is 11.8 Å². The first-order valence-corrected chi connectivity index (χ1v) is 8.69. The van der Waals surface area contributed by atoms with Crippen molar-refractivity contribution in [3.05, 3.63) is 70.6 Å². The van der Waals surface area contributed by atoms with Gasteiger partial charge in [-0.25, -0.2) is 4.79 Å². The normalized spacial score (nSPS) is 11.8. The standard InChI is InChI=1S/C21H20N2O4/c1-3-17(20(25)22-2)23-19(24)15-9-6-8-13(11-15)16-12-14-7-4-5-10-18(14)27-21(16)26/h4-12,17H,3H2,1-2H3,(H,22,25)(H,23,24). The predicted molar refractivity (Wildman–Crippen MR) is 104 cm³/mol. The second kappa shape index (κ2) is 7.86. The third-order valence-corrected chi connectivity index (χ3v) is 4.35. The van der Waals surface area contributed by atoms with E-state index < -0.39 is 11.7 Å². The van der Waals surface area contributed by atoms with Gasteiger partial charge in [0.05, 0.1) is 5.56 Å². The van der Waals surface area contributed by atoms with Gasteiger partial charge in [0.15, 0.2) is 0 Å². The number of carbonyl (C=O) groups excluding carboxylic acids is 2. The second-order valence-corrected chi connectivity index (χ2v) is 6.11. The Morgan fingerprint density at radius 2 is 1.85 bits per heavy atom. The van der Waals surface area contributed by atoms with Crippen LogP contribution < -0.4 is 16.3 Å². The molecular formula is C21H20N2O4. The van der Waals surface area contributed by atoms with Crippen LogP contribution in [-0.4, -0.2) is 24.9 Å². The van der Waals surface area contributed by atoms with Crippen LogP contribution >= 0.6 is 0 Å². The minimum Gasteiger partial charge on any atom is -0.422 e. The van der Waals surface area contributed by atoms with Gasteiger partial charge in [-0.05, 0) is 36.2 Å². The zero-order valence-corrected chi connectivity index (χ0v) is 15.1. The molecule has 2 amide bonds. The average Bonchev–Trinajstić information content (AvgIpc) is 2.70. The van der Waals surface area contributed by atoms with Crippen molar-refractivity contribution >= 4 is 22.8 Å². The Balaban J connectivity index is 1.94. The molecule has 2 N–H and O–H groups in total. The quantitative estimate of drug-likeness (QED) is 0.682. The van der Waals surface area contributed by atoms with Crippen molar-refractivity contribution in [2.45, 2.75) is 19.4 Å². The molecule has 2 aromatic carbocycles. The largest absolute Gasteiger partial charge is 0.422 e. The minimum absolute atomic E-state index is 0.253. The highest BCUT2D eigenvalue weighted by Gasteiger charge is 2.19. The van der Waals surface area contributed by atoms with Gasteiger partial charge in [0.2, 0.25) is 5.91 Å². The minimum atomic E-state index is -0.614. The number of likely N-dealkylation sites (N-methyl/N-ethyl adjacent to an activating group) is 1. The fraction of sp³-hybridized carbons (Fsp3) is 0.190. The van der Waals surface area contributed by atoms with E-state index in [4.69, 9.17) is 4.42 Å². The summed E-state index contributed by atoms with van der Waals surface area (Å²) in [5.74, 6) is -0.630. The van der Waals surface area contributed by atoms with Crippen LogP contribution in [0.2, 0.25) is 0 Å². The summed E-state index contributed by atoms with van der Waals surface area (Å²) in [5, 5.41) is 6.03. The number of benzene rings is 2. The van der Waals surface area contributed by atoms with Crippen molar-refractivity contribution in [1.29, 1.82) is 0 Å². The monoisotopic (exact) mass is 364 g/mol. The summed E-state index contributed by atoms with van der Waals surface area (Å²) in [6.07, 6.45) is 0.472. The molecule has 6 nitrogen and oxygen atoms in total. The number of nitrogens with one attached hydrogen (secondary N) is 2. The van der Waals surface area contributed by atoms with Crippen LogP contribution in [0.15, 0.2) is 63.8 Å². The molecule has 0 spiro atoms. The molecule has 0 saturated heterocycles. The Morgan fingerprint density at radius 3 is 2.59 bits per heavy atom. The Labute approximate surface area is 156 Å². The van der Waals surface area contributed by atoms with E-state index in [1.165, 1.54) is 7.05 Å². The van der Waals surface area contributed by atoms with Crippen LogP contribution in [0.1, 0.15) is 23.7 Å². The van der Waals surface area contributed by atoms with Gasteiger partial charge in [-0.3, -0.25) is 9.59 Å². The lowest BCUT2D eigenvalue weighted by atomic mass is 10.0. The number of para-hydroxylation sites is 1. The molecule has 138 valence electrons. The first-order chi connectivity index (χ1) is 13.0. The lowest BCUT2D eigenvalue weighted by Gasteiger charge is -2.15. The van der Waals surface area contributed by atoms with E-state index in [1.807, 2.05) is 19.1 Å². The van der Waals surface area contributed by atoms with Crippen molar-refractivity contribution in [2.75, 3.05) is 7.05 Å². The van der Waals surface area contributed by atoms with Crippen LogP contribution in [0.4, 0.5) is 0 Å². The number of hydrogen-bond acceptors (Lipinski definition) is 4. The summed E-state index contributed by atoms with van der Waals surface area (Å²) >= 11 is 0. The summed E-state index contributed by atoms with van der Waals surface area (Å²) in [4.78, 5) is 36.7. The number of hydrogen-bond donors (Lipinski definition) is 2. The molecule has 1 atom stereocenters. The lowest BCUT2D eigenvalue weighted by molar-refractivity contribution is -0.122. The maximum atomic E-state index is 12.5. The van der Waals surface area contributed by atoms with Crippen molar-refractivity contribution in [3.63, 3.8) is 0 Å². The smallest absolute Gasteiger partial charge is 0.344 e. The third kappa shape index (κ3) is 3.89. The van der Waals surface area contributed by atoms with Crippen molar-refractivity contribution in [2.24, 2.45) is 0 Å². The molecule has 3 aromatic rings. The molecule has 3 rings (SSSR count). The molecule has 0 saturated carbocycles. The van der Waals surface area contributed by atoms with Crippen LogP contribution in [0.3, 0.4) is 0 Å². The van der Waals surface area contributed by atoms with Gasteiger partial charge in [0, 0.05) is 18.0 Å². The summed E-state index contributed by atoms with van der Waals surface area (Å²) < 4.78 is 5.37. The Kier molecular flexibility index (Phi) is 5.35. The second-order valence-electron chi connectivity index (χ2n) is 6.11. The van der Waals surface area contributed by atoms with E-state index in [1.54, 1.807) is 42.5 Å². The topological polar surface area (TPSA) is 88.4 Å². The van der Waals surface area contributed by atoms with Gasteiger partial charge in [0.25, 0.3) is 5.91 Å². The number of carbonyl (C=O) groups is 2. The van der Waals surface area contributed by atoms with Gasteiger partial charge in [0.1, 0.15) is 11.6 Å². The van der Waals surface area contributed by atoms with E-state index in [0.717, 1.165) is 5.39 Å². The van der Waals surface area contributed by atoms with Crippen molar-refractivity contribution in [1.82, 2.24) is 10.6 Å². The maximum Gasteiger partial charge on any atom is 0.344 e. The molecule has 0 fully saturated rings. The Hall–Kier alpha value is -3.41. The SMILES string of the molecule is CCC(NC(=O)c1cccc(-c2cc3ccccc3oc2=O)c1)C(=O)NC. The highest BCUT2D eigenvalue weighted by atomic mass is 16.4. The Morgan fingerprint density at radius 1 is 1.07 bits per heavy atom. The first kappa shape index (κ1) is 18.4. The van der Waals surface area contributed by atoms with E-state index in [9.17, 15) is 14.4 Å². The molecule has 27 heavy (non-hydrogen) atoms. The molecule has 0 aliphatic rings. The molecule has 6 heteroatoms. The zero-order chi connectivity index (χ0) is 19.4. The van der Waals surface area contributed by atoms with Crippen molar-refractivity contribution in [3.8, 4) is 11.1 Å². The molecule has 1 aromatic heterocycles. The maximum absolute atomic E-state index is 12.5. The van der Waals surface area contributed by atoms with Crippen molar-refractivity contribution < 1.29 is 14.0 Å². The van der Waals surface area contributed by atoms with Gasteiger partial charge in [-0.15, -0.1) is 0 Å². The summed E-state index contributed by atoms with van der Waals surface area (Å²) in [7, 11) is 1.52. The molecule has 0 aliphatic heterocycles.